The summed E-state index contributed by atoms with van der Waals surface area (Å²) in [7, 11) is 0. The number of aliphatic hydroxyl groups is 1. The molecule has 0 aliphatic rings. The minimum Gasteiger partial charge on any atom is -0.435 e. The molecule has 18 heavy (non-hydrogen) atoms. The van der Waals surface area contributed by atoms with Crippen LogP contribution < -0.4 is 4.74 Å². The van der Waals surface area contributed by atoms with E-state index in [0.717, 1.165) is 0 Å². The van der Waals surface area contributed by atoms with Crippen molar-refractivity contribution in [2.75, 3.05) is 0 Å². The monoisotopic (exact) mass is 267 g/mol. The number of aromatic nitrogens is 1. The Labute approximate surface area is 109 Å². The van der Waals surface area contributed by atoms with Crippen molar-refractivity contribution in [2.45, 2.75) is 13.0 Å². The van der Waals surface area contributed by atoms with Crippen molar-refractivity contribution in [1.82, 2.24) is 4.98 Å². The third-order valence-corrected chi connectivity index (χ3v) is 2.67. The molecule has 0 saturated carbocycles. The van der Waals surface area contributed by atoms with E-state index in [0.29, 0.717) is 5.56 Å². The third kappa shape index (κ3) is 2.60. The fraction of sp³-hybridized carbons (Fsp3) is 0.154. The van der Waals surface area contributed by atoms with Crippen LogP contribution in [-0.2, 0) is 0 Å². The first-order valence-corrected chi connectivity index (χ1v) is 5.72. The maximum absolute atomic E-state index is 13.7. The lowest BCUT2D eigenvalue weighted by Crippen LogP contribution is -1.99. The quantitative estimate of drug-likeness (QED) is 0.922. The van der Waals surface area contributed by atoms with E-state index in [1.54, 1.807) is 25.1 Å². The van der Waals surface area contributed by atoms with Crippen LogP contribution in [0, 0.1) is 5.82 Å². The predicted molar refractivity (Wildman–Crippen MR) is 66.4 cm³/mol. The number of hydrogen-bond donors (Lipinski definition) is 1. The molecule has 0 aliphatic heterocycles. The van der Waals surface area contributed by atoms with E-state index >= 15 is 0 Å². The van der Waals surface area contributed by atoms with Crippen LogP contribution >= 0.6 is 11.6 Å². The van der Waals surface area contributed by atoms with Gasteiger partial charge in [0.15, 0.2) is 11.6 Å². The highest BCUT2D eigenvalue weighted by Gasteiger charge is 2.14. The summed E-state index contributed by atoms with van der Waals surface area (Å²) >= 11 is 5.66. The van der Waals surface area contributed by atoms with Crippen LogP contribution in [0.3, 0.4) is 0 Å². The Morgan fingerprint density at radius 2 is 2.11 bits per heavy atom. The van der Waals surface area contributed by atoms with Crippen molar-refractivity contribution in [3.05, 3.63) is 52.9 Å². The summed E-state index contributed by atoms with van der Waals surface area (Å²) in [5.74, 6) is -0.516. The van der Waals surface area contributed by atoms with Crippen molar-refractivity contribution in [2.24, 2.45) is 0 Å². The number of ether oxygens (including phenoxy) is 1. The molecule has 1 atom stereocenters. The molecule has 1 aromatic carbocycles. The topological polar surface area (TPSA) is 42.4 Å². The van der Waals surface area contributed by atoms with E-state index < -0.39 is 11.9 Å². The largest absolute Gasteiger partial charge is 0.435 e. The van der Waals surface area contributed by atoms with E-state index in [4.69, 9.17) is 16.3 Å². The fourth-order valence-electron chi connectivity index (χ4n) is 1.47. The smallest absolute Gasteiger partial charge is 0.225 e. The maximum Gasteiger partial charge on any atom is 0.225 e. The molecule has 2 aromatic rings. The highest BCUT2D eigenvalue weighted by Crippen LogP contribution is 2.31. The van der Waals surface area contributed by atoms with Gasteiger partial charge in [-0.3, -0.25) is 0 Å². The van der Waals surface area contributed by atoms with Crippen LogP contribution in [-0.4, -0.2) is 10.1 Å². The molecule has 0 bridgehead atoms. The molecule has 0 aliphatic carbocycles. The zero-order valence-corrected chi connectivity index (χ0v) is 10.4. The lowest BCUT2D eigenvalue weighted by molar-refractivity contribution is 0.194. The van der Waals surface area contributed by atoms with Crippen molar-refractivity contribution in [3.8, 4) is 11.6 Å². The standard InChI is InChI=1S/C13H11ClFNO2/c1-8(17)9-4-3-7-16-13(9)18-11-6-2-5-10(14)12(11)15/h2-8,17H,1H3/t8-/m1/s1. The molecule has 0 unspecified atom stereocenters. The van der Waals surface area contributed by atoms with E-state index in [9.17, 15) is 9.50 Å². The zero-order chi connectivity index (χ0) is 13.1. The van der Waals surface area contributed by atoms with E-state index in [1.165, 1.54) is 18.3 Å². The normalized spacial score (nSPS) is 12.2. The highest BCUT2D eigenvalue weighted by molar-refractivity contribution is 6.30. The van der Waals surface area contributed by atoms with Gasteiger partial charge in [-0.05, 0) is 31.2 Å². The van der Waals surface area contributed by atoms with Gasteiger partial charge in [0.05, 0.1) is 11.1 Å². The predicted octanol–water partition coefficient (Wildman–Crippen LogP) is 3.72. The lowest BCUT2D eigenvalue weighted by Gasteiger charge is -2.12. The summed E-state index contributed by atoms with van der Waals surface area (Å²) in [6, 6.07) is 7.78. The van der Waals surface area contributed by atoms with Gasteiger partial charge < -0.3 is 9.84 Å². The molecule has 2 rings (SSSR count). The second-order valence-corrected chi connectivity index (χ2v) is 4.13. The highest BCUT2D eigenvalue weighted by atomic mass is 35.5. The van der Waals surface area contributed by atoms with Crippen molar-refractivity contribution >= 4 is 11.6 Å². The van der Waals surface area contributed by atoms with Gasteiger partial charge in [0.1, 0.15) is 0 Å². The number of hydrogen-bond acceptors (Lipinski definition) is 3. The molecule has 0 fully saturated rings. The summed E-state index contributed by atoms with van der Waals surface area (Å²) in [6.45, 7) is 1.58. The van der Waals surface area contributed by atoms with Gasteiger partial charge in [-0.15, -0.1) is 0 Å². The first-order valence-electron chi connectivity index (χ1n) is 5.34. The van der Waals surface area contributed by atoms with E-state index in [-0.39, 0.29) is 16.7 Å². The Bertz CT molecular complexity index is 560. The molecule has 1 N–H and O–H groups in total. The first-order chi connectivity index (χ1) is 8.59. The minimum atomic E-state index is -0.754. The van der Waals surface area contributed by atoms with Crippen LogP contribution in [0.15, 0.2) is 36.5 Å². The fourth-order valence-corrected chi connectivity index (χ4v) is 1.64. The van der Waals surface area contributed by atoms with E-state index in [2.05, 4.69) is 4.98 Å². The zero-order valence-electron chi connectivity index (χ0n) is 9.60. The SMILES string of the molecule is C[C@@H](O)c1cccnc1Oc1cccc(Cl)c1F. The summed E-state index contributed by atoms with van der Waals surface area (Å²) in [6.07, 6.45) is 0.750. The molecule has 5 heteroatoms. The van der Waals surface area contributed by atoms with Gasteiger partial charge in [-0.2, -0.15) is 0 Å². The first kappa shape index (κ1) is 12.8. The summed E-state index contributed by atoms with van der Waals surface area (Å²) in [4.78, 5) is 3.97. The maximum atomic E-state index is 13.7. The number of benzene rings is 1. The van der Waals surface area contributed by atoms with Crippen LogP contribution in [0.25, 0.3) is 0 Å². The molecule has 3 nitrogen and oxygen atoms in total. The molecular formula is C13H11ClFNO2. The molecule has 0 spiro atoms. The average Bonchev–Trinajstić information content (AvgIpc) is 2.35. The average molecular weight is 268 g/mol. The van der Waals surface area contributed by atoms with Gasteiger partial charge in [0, 0.05) is 11.8 Å². The molecule has 94 valence electrons. The van der Waals surface area contributed by atoms with Crippen LogP contribution in [0.1, 0.15) is 18.6 Å². The van der Waals surface area contributed by atoms with E-state index in [1.807, 2.05) is 0 Å². The van der Waals surface area contributed by atoms with Gasteiger partial charge >= 0.3 is 0 Å². The Morgan fingerprint density at radius 3 is 2.83 bits per heavy atom. The van der Waals surface area contributed by atoms with Gasteiger partial charge in [-0.1, -0.05) is 17.7 Å². The number of pyridine rings is 1. The molecule has 0 radical (unpaired) electrons. The van der Waals surface area contributed by atoms with Crippen LogP contribution in [0.4, 0.5) is 4.39 Å². The minimum absolute atomic E-state index is 0.0249. The Balaban J connectivity index is 2.37. The molecule has 0 saturated heterocycles. The lowest BCUT2D eigenvalue weighted by atomic mass is 10.2. The number of nitrogens with zero attached hydrogens (tertiary/aromatic N) is 1. The Morgan fingerprint density at radius 1 is 1.33 bits per heavy atom. The van der Waals surface area contributed by atoms with Crippen LogP contribution in [0.5, 0.6) is 11.6 Å². The molecular weight excluding hydrogens is 257 g/mol. The number of halogens is 2. The van der Waals surface area contributed by atoms with Crippen molar-refractivity contribution in [1.29, 1.82) is 0 Å². The summed E-state index contributed by atoms with van der Waals surface area (Å²) < 4.78 is 19.0. The van der Waals surface area contributed by atoms with Crippen molar-refractivity contribution < 1.29 is 14.2 Å². The molecule has 1 aromatic heterocycles. The summed E-state index contributed by atoms with van der Waals surface area (Å²) in [5.41, 5.74) is 0.483. The second kappa shape index (κ2) is 5.33. The third-order valence-electron chi connectivity index (χ3n) is 2.37. The number of rotatable bonds is 3. The number of aliphatic hydroxyl groups excluding tert-OH is 1. The Kier molecular flexibility index (Phi) is 3.79. The molecule has 0 amide bonds. The summed E-state index contributed by atoms with van der Waals surface area (Å²) in [5, 5.41) is 9.54. The van der Waals surface area contributed by atoms with Crippen LogP contribution in [0.2, 0.25) is 5.02 Å². The molecule has 1 heterocycles. The van der Waals surface area contributed by atoms with Gasteiger partial charge in [0.2, 0.25) is 5.88 Å². The van der Waals surface area contributed by atoms with Gasteiger partial charge in [0.25, 0.3) is 0 Å². The van der Waals surface area contributed by atoms with Crippen molar-refractivity contribution in [3.63, 3.8) is 0 Å². The Hall–Kier alpha value is -1.65. The second-order valence-electron chi connectivity index (χ2n) is 3.73. The van der Waals surface area contributed by atoms with Gasteiger partial charge in [-0.25, -0.2) is 9.37 Å².